The van der Waals surface area contributed by atoms with Gasteiger partial charge in [-0.3, -0.25) is 0 Å². The molecule has 10 heavy (non-hydrogen) atoms. The van der Waals surface area contributed by atoms with Crippen LogP contribution < -0.4 is 0 Å². The first-order chi connectivity index (χ1) is 4.74. The molecule has 1 aliphatic heterocycles. The quantitative estimate of drug-likeness (QED) is 0.336. The van der Waals surface area contributed by atoms with Crippen LogP contribution in [0.4, 0.5) is 0 Å². The summed E-state index contributed by atoms with van der Waals surface area (Å²) in [6.07, 6.45) is 3.90. The summed E-state index contributed by atoms with van der Waals surface area (Å²) in [5, 5.41) is 0. The second-order valence-corrected chi connectivity index (χ2v) is 2.79. The van der Waals surface area contributed by atoms with E-state index in [0.717, 1.165) is 12.7 Å². The van der Waals surface area contributed by atoms with Crippen molar-refractivity contribution in [3.63, 3.8) is 0 Å². The lowest BCUT2D eigenvalue weighted by Gasteiger charge is -1.86. The van der Waals surface area contributed by atoms with Crippen LogP contribution in [0.25, 0.3) is 0 Å². The summed E-state index contributed by atoms with van der Waals surface area (Å²) in [6, 6.07) is 0. The fraction of sp³-hybridized carbons (Fsp3) is 0.625. The van der Waals surface area contributed by atoms with Gasteiger partial charge in [0.05, 0.1) is 6.10 Å². The Morgan fingerprint density at radius 1 is 1.60 bits per heavy atom. The summed E-state index contributed by atoms with van der Waals surface area (Å²) in [7, 11) is 0. The number of allylic oxidation sites excluding steroid dienone is 1. The van der Waals surface area contributed by atoms with Crippen molar-refractivity contribution in [2.45, 2.75) is 32.5 Å². The lowest BCUT2D eigenvalue weighted by Crippen LogP contribution is -1.92. The Labute approximate surface area is 60.9 Å². The third-order valence-corrected chi connectivity index (χ3v) is 1.51. The Balaban J connectivity index is 2.18. The van der Waals surface area contributed by atoms with E-state index >= 15 is 0 Å². The molecule has 1 heterocycles. The molecule has 0 unspecified atom stereocenters. The molecule has 2 atom stereocenters. The molecule has 0 aliphatic carbocycles. The minimum Gasteiger partial charge on any atom is -0.361 e. The molecule has 0 amide bonds. The molecular formula is C8H12O2. The van der Waals surface area contributed by atoms with E-state index in [2.05, 4.69) is 6.08 Å². The van der Waals surface area contributed by atoms with Gasteiger partial charge in [0.2, 0.25) is 0 Å². The SMILES string of the molecule is CC(C)=CC[C@@H]1O[C@H]1C=O. The number of epoxide rings is 1. The molecule has 0 N–H and O–H groups in total. The average molecular weight is 140 g/mol. The first-order valence-corrected chi connectivity index (χ1v) is 3.48. The molecule has 0 aromatic heterocycles. The van der Waals surface area contributed by atoms with Gasteiger partial charge >= 0.3 is 0 Å². The van der Waals surface area contributed by atoms with Gasteiger partial charge in [0.25, 0.3) is 0 Å². The molecule has 0 aromatic rings. The maximum atomic E-state index is 10.1. The highest BCUT2D eigenvalue weighted by Gasteiger charge is 2.36. The molecule has 1 rings (SSSR count). The highest BCUT2D eigenvalue weighted by atomic mass is 16.6. The molecule has 0 radical (unpaired) electrons. The average Bonchev–Trinajstić information content (AvgIpc) is 2.61. The second kappa shape index (κ2) is 2.97. The number of carbonyl (C=O) groups is 1. The highest BCUT2D eigenvalue weighted by Crippen LogP contribution is 2.23. The minimum absolute atomic E-state index is 0.115. The first-order valence-electron chi connectivity index (χ1n) is 3.48. The highest BCUT2D eigenvalue weighted by molar-refractivity contribution is 5.60. The van der Waals surface area contributed by atoms with Crippen LogP contribution in [0.15, 0.2) is 11.6 Å². The van der Waals surface area contributed by atoms with Gasteiger partial charge in [0, 0.05) is 0 Å². The van der Waals surface area contributed by atoms with Crippen LogP contribution in [-0.2, 0) is 9.53 Å². The summed E-state index contributed by atoms with van der Waals surface area (Å²) in [4.78, 5) is 10.1. The first kappa shape index (κ1) is 7.48. The van der Waals surface area contributed by atoms with Gasteiger partial charge < -0.3 is 9.53 Å². The minimum atomic E-state index is -0.115. The van der Waals surface area contributed by atoms with Crippen molar-refractivity contribution in [1.29, 1.82) is 0 Å². The molecule has 2 nitrogen and oxygen atoms in total. The van der Waals surface area contributed by atoms with Gasteiger partial charge in [0.1, 0.15) is 6.10 Å². The van der Waals surface area contributed by atoms with E-state index in [1.54, 1.807) is 0 Å². The Hall–Kier alpha value is -0.630. The predicted octanol–water partition coefficient (Wildman–Crippen LogP) is 1.31. The number of rotatable bonds is 3. The summed E-state index contributed by atoms with van der Waals surface area (Å²) in [6.45, 7) is 4.08. The number of carbonyl (C=O) groups excluding carboxylic acids is 1. The molecule has 0 bridgehead atoms. The Bertz CT molecular complexity index is 157. The van der Waals surface area contributed by atoms with Crippen LogP contribution in [0.5, 0.6) is 0 Å². The topological polar surface area (TPSA) is 29.6 Å². The van der Waals surface area contributed by atoms with Crippen LogP contribution in [0.1, 0.15) is 20.3 Å². The number of hydrogen-bond donors (Lipinski definition) is 0. The summed E-state index contributed by atoms with van der Waals surface area (Å²) < 4.78 is 5.00. The van der Waals surface area contributed by atoms with Gasteiger partial charge in [-0.1, -0.05) is 11.6 Å². The lowest BCUT2D eigenvalue weighted by molar-refractivity contribution is -0.108. The van der Waals surface area contributed by atoms with Gasteiger partial charge in [0.15, 0.2) is 6.29 Å². The summed E-state index contributed by atoms with van der Waals surface area (Å²) in [5.41, 5.74) is 1.28. The summed E-state index contributed by atoms with van der Waals surface area (Å²) >= 11 is 0. The summed E-state index contributed by atoms with van der Waals surface area (Å²) in [5.74, 6) is 0. The van der Waals surface area contributed by atoms with E-state index in [9.17, 15) is 4.79 Å². The van der Waals surface area contributed by atoms with Crippen molar-refractivity contribution in [3.8, 4) is 0 Å². The smallest absolute Gasteiger partial charge is 0.151 e. The van der Waals surface area contributed by atoms with E-state index in [1.165, 1.54) is 5.57 Å². The molecule has 2 heteroatoms. The molecule has 56 valence electrons. The number of aldehydes is 1. The molecule has 1 saturated heterocycles. The molecular weight excluding hydrogens is 128 g/mol. The van der Waals surface area contributed by atoms with Gasteiger partial charge in [-0.25, -0.2) is 0 Å². The Kier molecular flexibility index (Phi) is 2.22. The van der Waals surface area contributed by atoms with E-state index in [0.29, 0.717) is 0 Å². The van der Waals surface area contributed by atoms with Gasteiger partial charge in [-0.05, 0) is 20.3 Å². The van der Waals surface area contributed by atoms with Crippen LogP contribution in [0.2, 0.25) is 0 Å². The van der Waals surface area contributed by atoms with Gasteiger partial charge in [-0.15, -0.1) is 0 Å². The van der Waals surface area contributed by atoms with E-state index in [4.69, 9.17) is 4.74 Å². The van der Waals surface area contributed by atoms with Crippen LogP contribution in [0, 0.1) is 0 Å². The molecule has 1 aliphatic rings. The maximum Gasteiger partial charge on any atom is 0.151 e. The Morgan fingerprint density at radius 3 is 2.70 bits per heavy atom. The lowest BCUT2D eigenvalue weighted by atomic mass is 10.2. The zero-order valence-electron chi connectivity index (χ0n) is 6.33. The standard InChI is InChI=1S/C8H12O2/c1-6(2)3-4-7-8(5-9)10-7/h3,5,7-8H,4H2,1-2H3/t7-,8-/m0/s1. The van der Waals surface area contributed by atoms with E-state index < -0.39 is 0 Å². The number of ether oxygens (including phenoxy) is 1. The maximum absolute atomic E-state index is 10.1. The van der Waals surface area contributed by atoms with Crippen molar-refractivity contribution in [2.75, 3.05) is 0 Å². The van der Waals surface area contributed by atoms with Crippen molar-refractivity contribution < 1.29 is 9.53 Å². The normalized spacial score (nSPS) is 29.4. The zero-order valence-corrected chi connectivity index (χ0v) is 6.33. The van der Waals surface area contributed by atoms with Gasteiger partial charge in [-0.2, -0.15) is 0 Å². The van der Waals surface area contributed by atoms with Crippen molar-refractivity contribution in [2.24, 2.45) is 0 Å². The second-order valence-electron chi connectivity index (χ2n) is 2.79. The van der Waals surface area contributed by atoms with Crippen molar-refractivity contribution in [1.82, 2.24) is 0 Å². The third-order valence-electron chi connectivity index (χ3n) is 1.51. The Morgan fingerprint density at radius 2 is 2.30 bits per heavy atom. The van der Waals surface area contributed by atoms with Crippen LogP contribution in [0.3, 0.4) is 0 Å². The molecule has 0 saturated carbocycles. The van der Waals surface area contributed by atoms with Crippen LogP contribution in [-0.4, -0.2) is 18.5 Å². The molecule has 1 fully saturated rings. The number of hydrogen-bond acceptors (Lipinski definition) is 2. The monoisotopic (exact) mass is 140 g/mol. The van der Waals surface area contributed by atoms with E-state index in [-0.39, 0.29) is 12.2 Å². The molecule has 0 spiro atoms. The molecule has 0 aromatic carbocycles. The third kappa shape index (κ3) is 1.95. The zero-order chi connectivity index (χ0) is 7.56. The van der Waals surface area contributed by atoms with Crippen LogP contribution >= 0.6 is 0 Å². The van der Waals surface area contributed by atoms with Crippen molar-refractivity contribution >= 4 is 6.29 Å². The van der Waals surface area contributed by atoms with Crippen molar-refractivity contribution in [3.05, 3.63) is 11.6 Å². The fourth-order valence-corrected chi connectivity index (χ4v) is 0.818. The fourth-order valence-electron chi connectivity index (χ4n) is 0.818. The van der Waals surface area contributed by atoms with E-state index in [1.807, 2.05) is 13.8 Å². The predicted molar refractivity (Wildman–Crippen MR) is 38.8 cm³/mol. The largest absolute Gasteiger partial charge is 0.361 e.